The number of nitrogens with zero attached hydrogens (tertiary/aromatic N) is 4. The molecule has 0 aliphatic carbocycles. The second kappa shape index (κ2) is 14.1. The molecule has 4 aromatic heterocycles. The largest absolute Gasteiger partial charge is 0.310 e. The molecule has 6 heteroatoms. The highest BCUT2D eigenvalue weighted by Gasteiger charge is 2.25. The highest BCUT2D eigenvalue weighted by atomic mass is 28.3. The first-order valence-corrected chi connectivity index (χ1v) is 29.4. The number of hydrogen-bond donors (Lipinski definition) is 0. The monoisotopic (exact) mass is 892 g/mol. The zero-order valence-corrected chi connectivity index (χ0v) is 39.5. The van der Waals surface area contributed by atoms with Gasteiger partial charge < -0.3 is 18.6 Å². The van der Waals surface area contributed by atoms with Gasteiger partial charge in [0, 0.05) is 77.2 Å². The van der Waals surface area contributed by atoms with Crippen LogP contribution in [0.3, 0.4) is 0 Å². The van der Waals surface area contributed by atoms with E-state index in [0.29, 0.717) is 22.7 Å². The Kier molecular flexibility index (Phi) is 6.38. The smallest absolute Gasteiger partial charge is 0.0775 e. The van der Waals surface area contributed by atoms with E-state index >= 15 is 0 Å². The van der Waals surface area contributed by atoms with Crippen LogP contribution >= 0.6 is 0 Å². The van der Waals surface area contributed by atoms with Gasteiger partial charge in [0.1, 0.15) is 0 Å². The molecule has 318 valence electrons. The van der Waals surface area contributed by atoms with E-state index in [0.717, 1.165) is 76.2 Å². The summed E-state index contributed by atoms with van der Waals surface area (Å²) in [7, 11) is -3.41. The second-order valence-corrected chi connectivity index (χ2v) is 29.7. The third kappa shape index (κ3) is 5.74. The van der Waals surface area contributed by atoms with E-state index in [1.807, 2.05) is 36.4 Å². The van der Waals surface area contributed by atoms with E-state index in [-0.39, 0.29) is 35.5 Å². The number of benzene rings is 9. The summed E-state index contributed by atoms with van der Waals surface area (Å²) in [6, 6.07) is 42.3. The molecule has 0 spiro atoms. The first kappa shape index (κ1) is 29.9. The van der Waals surface area contributed by atoms with Gasteiger partial charge in [0.05, 0.1) is 63.0 Å². The molecule has 0 atom stereocenters. The van der Waals surface area contributed by atoms with Crippen LogP contribution in [-0.2, 0) is 0 Å². The van der Waals surface area contributed by atoms with Crippen LogP contribution in [0.4, 0.5) is 34.1 Å². The van der Waals surface area contributed by atoms with Crippen molar-refractivity contribution in [2.24, 2.45) is 0 Å². The summed E-state index contributed by atoms with van der Waals surface area (Å²) in [5.41, 5.74) is 8.71. The average Bonchev–Trinajstić information content (AvgIpc) is 4.33. The lowest BCUT2D eigenvalue weighted by Gasteiger charge is -2.26. The van der Waals surface area contributed by atoms with Crippen molar-refractivity contribution in [3.63, 3.8) is 0 Å². The Bertz CT molecular complexity index is 4260. The van der Waals surface area contributed by atoms with Gasteiger partial charge in [0.25, 0.3) is 0 Å². The molecule has 0 unspecified atom stereocenters. The Morgan fingerprint density at radius 3 is 1.03 bits per heavy atom. The molecule has 0 bridgehead atoms. The molecule has 0 fully saturated rings. The minimum absolute atomic E-state index is 0.0734. The number of para-hydroxylation sites is 4. The minimum Gasteiger partial charge on any atom is -0.310 e. The van der Waals surface area contributed by atoms with Gasteiger partial charge in [0.2, 0.25) is 0 Å². The molecule has 13 aromatic rings. The van der Waals surface area contributed by atoms with Crippen molar-refractivity contribution in [3.8, 4) is 0 Å². The molecule has 0 saturated carbocycles. The summed E-state index contributed by atoms with van der Waals surface area (Å²) in [5, 5.41) is 10.9. The summed E-state index contributed by atoms with van der Waals surface area (Å²) < 4.78 is 93.0. The van der Waals surface area contributed by atoms with Gasteiger partial charge in [-0.3, -0.25) is 0 Å². The molecular weight excluding hydrogens is 833 g/mol. The van der Waals surface area contributed by atoms with E-state index in [9.17, 15) is 5.48 Å². The van der Waals surface area contributed by atoms with Crippen molar-refractivity contribution in [3.05, 3.63) is 194 Å². The number of hydrogen-bond acceptors (Lipinski definition) is 2. The normalized spacial score (nSPS) is 14.8. The molecule has 0 N–H and O–H groups in total. The average molecular weight is 893 g/mol. The van der Waals surface area contributed by atoms with E-state index in [1.54, 1.807) is 9.80 Å². The number of anilines is 6. The Labute approximate surface area is 400 Å². The van der Waals surface area contributed by atoms with Crippen molar-refractivity contribution in [1.82, 2.24) is 8.80 Å². The lowest BCUT2D eigenvalue weighted by Crippen LogP contribution is -2.37. The van der Waals surface area contributed by atoms with Crippen molar-refractivity contribution in [1.29, 1.82) is 0 Å². The van der Waals surface area contributed by atoms with Gasteiger partial charge in [-0.1, -0.05) is 159 Å². The summed E-state index contributed by atoms with van der Waals surface area (Å²) in [5.74, 6) is 0. The lowest BCUT2D eigenvalue weighted by atomic mass is 10.0. The third-order valence-electron chi connectivity index (χ3n) is 13.6. The van der Waals surface area contributed by atoms with E-state index in [2.05, 4.69) is 145 Å². The van der Waals surface area contributed by atoms with Crippen LogP contribution in [0.1, 0.15) is 13.7 Å². The Balaban J connectivity index is 1.06. The van der Waals surface area contributed by atoms with Gasteiger partial charge in [-0.05, 0) is 84.8 Å². The fourth-order valence-corrected chi connectivity index (χ4v) is 12.8. The third-order valence-corrected chi connectivity index (χ3v) is 17.8. The molecule has 9 aromatic carbocycles. The first-order chi connectivity index (χ1) is 36.1. The zero-order chi connectivity index (χ0) is 53.3. The van der Waals surface area contributed by atoms with Crippen LogP contribution in [0, 0.1) is 0 Å². The Morgan fingerprint density at radius 1 is 0.333 bits per heavy atom. The van der Waals surface area contributed by atoms with Gasteiger partial charge in [-0.2, -0.15) is 0 Å². The van der Waals surface area contributed by atoms with Crippen LogP contribution in [0.15, 0.2) is 194 Å². The van der Waals surface area contributed by atoms with Crippen molar-refractivity contribution in [2.75, 3.05) is 9.80 Å². The molecule has 0 amide bonds. The summed E-state index contributed by atoms with van der Waals surface area (Å²) >= 11 is 0. The minimum atomic E-state index is -1.71. The summed E-state index contributed by atoms with van der Waals surface area (Å²) in [6.07, 6.45) is 0. The standard InChI is InChI=1S/C60H50N4Si2/c1-65(2,3)45-29-23-41(24-30-45)61(39-15-9-7-10-16-39)43-27-33-47-49-19-13-21-51-53-38-58-54(37-57(53)63(59(49)51)55(47)35-43)52-22-14-20-50-48-34-28-44(36-56(48)64(58)60(50)52)62(40-17-11-8-12-18-40)42-25-31-46(32-26-42)66(4,5)6/h7-38H,1-6H3/i7D,8D,9D,10D,11D,12D,15D,16D,17D,18D. The molecule has 0 aliphatic heterocycles. The quantitative estimate of drug-likeness (QED) is 0.141. The van der Waals surface area contributed by atoms with Gasteiger partial charge in [0.15, 0.2) is 0 Å². The topological polar surface area (TPSA) is 15.3 Å². The molecule has 4 heterocycles. The van der Waals surface area contributed by atoms with Crippen LogP contribution in [0.25, 0.3) is 76.2 Å². The maximum atomic E-state index is 9.18. The van der Waals surface area contributed by atoms with Crippen LogP contribution < -0.4 is 20.2 Å². The number of rotatable bonds is 8. The van der Waals surface area contributed by atoms with Gasteiger partial charge in [-0.25, -0.2) is 0 Å². The molecule has 0 aliphatic rings. The first-order valence-electron chi connectivity index (χ1n) is 27.4. The predicted octanol–water partition coefficient (Wildman–Crippen LogP) is 16.0. The molecule has 0 saturated heterocycles. The predicted molar refractivity (Wildman–Crippen MR) is 291 cm³/mol. The Hall–Kier alpha value is -7.39. The van der Waals surface area contributed by atoms with Gasteiger partial charge in [-0.15, -0.1) is 0 Å². The van der Waals surface area contributed by atoms with E-state index in [1.165, 1.54) is 10.4 Å². The molecule has 0 radical (unpaired) electrons. The molecule has 66 heavy (non-hydrogen) atoms. The maximum Gasteiger partial charge on any atom is 0.0775 e. The maximum absolute atomic E-state index is 9.18. The lowest BCUT2D eigenvalue weighted by molar-refractivity contribution is 1.28. The highest BCUT2D eigenvalue weighted by molar-refractivity contribution is 6.89. The van der Waals surface area contributed by atoms with Gasteiger partial charge >= 0.3 is 0 Å². The van der Waals surface area contributed by atoms with E-state index in [4.69, 9.17) is 8.22 Å². The number of fused-ring (bicyclic) bond motifs is 12. The highest BCUT2D eigenvalue weighted by Crippen LogP contribution is 2.47. The van der Waals surface area contributed by atoms with Crippen LogP contribution in [-0.4, -0.2) is 24.9 Å². The van der Waals surface area contributed by atoms with Crippen molar-refractivity contribution in [2.45, 2.75) is 39.3 Å². The number of aromatic nitrogens is 2. The molecular formula is C60H50N4Si2. The Morgan fingerprint density at radius 2 is 0.667 bits per heavy atom. The van der Waals surface area contributed by atoms with Crippen molar-refractivity contribution >= 4 is 137 Å². The van der Waals surface area contributed by atoms with Crippen LogP contribution in [0.2, 0.25) is 39.3 Å². The summed E-state index contributed by atoms with van der Waals surface area (Å²) in [6.45, 7) is 13.7. The van der Waals surface area contributed by atoms with Crippen LogP contribution in [0.5, 0.6) is 0 Å². The SMILES string of the molecule is [2H]c1c([2H])c([2H])c(N(c2ccc([Si](C)(C)C)cc2)c2ccc3c4cccc5c6cc7c(cc6n(c3c2)c45)c2cccc3c4ccc(N(c5ccc([Si](C)(C)C)cc5)c5c([2H])c([2H])c([2H])c([2H])c5[2H])cc4n7c32)c([2H])c1[2H]. The fourth-order valence-electron chi connectivity index (χ4n) is 10.4. The summed E-state index contributed by atoms with van der Waals surface area (Å²) in [4.78, 5) is 3.60. The second-order valence-electron chi connectivity index (χ2n) is 19.6. The zero-order valence-electron chi connectivity index (χ0n) is 47.5. The van der Waals surface area contributed by atoms with E-state index < -0.39 is 52.4 Å². The molecule has 4 nitrogen and oxygen atoms in total. The molecule has 13 rings (SSSR count). The van der Waals surface area contributed by atoms with Crippen molar-refractivity contribution < 1.29 is 13.7 Å². The fraction of sp³-hybridized carbons (Fsp3) is 0.100.